The molecule has 0 atom stereocenters. The number of carbonyl (C=O) groups is 1. The highest BCUT2D eigenvalue weighted by Gasteiger charge is 2.12. The van der Waals surface area contributed by atoms with Crippen LogP contribution in [0.2, 0.25) is 0 Å². The van der Waals surface area contributed by atoms with Crippen LogP contribution >= 0.6 is 0 Å². The number of aromatic nitrogens is 2. The summed E-state index contributed by atoms with van der Waals surface area (Å²) in [7, 11) is 0. The molecule has 0 saturated carbocycles. The summed E-state index contributed by atoms with van der Waals surface area (Å²) in [6.07, 6.45) is 0.970. The van der Waals surface area contributed by atoms with Crippen molar-refractivity contribution in [2.75, 3.05) is 50.0 Å². The number of amides is 1. The topological polar surface area (TPSA) is 92.5 Å². The number of hydrogen-bond donors (Lipinski definition) is 2. The van der Waals surface area contributed by atoms with Crippen LogP contribution in [0.5, 0.6) is 0 Å². The van der Waals surface area contributed by atoms with E-state index < -0.39 is 5.82 Å². The van der Waals surface area contributed by atoms with Crippen molar-refractivity contribution in [3.05, 3.63) is 59.9 Å². The van der Waals surface area contributed by atoms with E-state index in [0.29, 0.717) is 17.6 Å². The second-order valence-electron chi connectivity index (χ2n) is 7.19. The van der Waals surface area contributed by atoms with Crippen LogP contribution < -0.4 is 10.6 Å². The molecule has 2 N–H and O–H groups in total. The summed E-state index contributed by atoms with van der Waals surface area (Å²) >= 11 is 0. The molecule has 162 valence electrons. The monoisotopic (exact) mass is 425 g/mol. The van der Waals surface area contributed by atoms with Crippen molar-refractivity contribution in [1.82, 2.24) is 15.1 Å². The fraction of sp³-hybridized carbons (Fsp3) is 0.318. The summed E-state index contributed by atoms with van der Waals surface area (Å²) in [6.45, 7) is 5.29. The largest absolute Gasteiger partial charge is 0.403 e. The maximum atomic E-state index is 13.3. The van der Waals surface area contributed by atoms with Crippen molar-refractivity contribution in [3.63, 3.8) is 0 Å². The number of nitrogens with one attached hydrogen (secondary N) is 2. The predicted molar refractivity (Wildman–Crippen MR) is 114 cm³/mol. The molecule has 1 aliphatic heterocycles. The molecule has 0 radical (unpaired) electrons. The number of carbonyl (C=O) groups excluding carboxylic acids is 1. The fourth-order valence-corrected chi connectivity index (χ4v) is 3.26. The number of nitrogens with zero attached hydrogens (tertiary/aromatic N) is 3. The lowest BCUT2D eigenvalue weighted by Gasteiger charge is -2.26. The molecule has 2 heterocycles. The first-order chi connectivity index (χ1) is 15.2. The Morgan fingerprint density at radius 1 is 1.10 bits per heavy atom. The van der Waals surface area contributed by atoms with Gasteiger partial charge in [0.25, 0.3) is 5.91 Å². The zero-order chi connectivity index (χ0) is 21.5. The molecule has 0 bridgehead atoms. The highest BCUT2D eigenvalue weighted by Crippen LogP contribution is 2.22. The molecule has 1 saturated heterocycles. The summed E-state index contributed by atoms with van der Waals surface area (Å²) in [6, 6.07) is 12.9. The number of benzene rings is 2. The Morgan fingerprint density at radius 2 is 1.90 bits per heavy atom. The van der Waals surface area contributed by atoms with Gasteiger partial charge in [-0.15, -0.1) is 5.10 Å². The predicted octanol–water partition coefficient (Wildman–Crippen LogP) is 3.26. The molecule has 1 amide bonds. The number of rotatable bonds is 8. The van der Waals surface area contributed by atoms with Crippen molar-refractivity contribution < 1.29 is 18.3 Å². The van der Waals surface area contributed by atoms with Gasteiger partial charge in [0, 0.05) is 36.4 Å². The summed E-state index contributed by atoms with van der Waals surface area (Å²) in [5.41, 5.74) is 1.57. The minimum atomic E-state index is -0.454. The summed E-state index contributed by atoms with van der Waals surface area (Å²) in [5.74, 6) is -0.447. The highest BCUT2D eigenvalue weighted by atomic mass is 19.1. The van der Waals surface area contributed by atoms with Gasteiger partial charge < -0.3 is 19.8 Å². The van der Waals surface area contributed by atoms with E-state index in [1.54, 1.807) is 30.3 Å². The second-order valence-corrected chi connectivity index (χ2v) is 7.19. The first kappa shape index (κ1) is 21.0. The van der Waals surface area contributed by atoms with Crippen LogP contribution in [0.3, 0.4) is 0 Å². The molecule has 3 aromatic rings. The highest BCUT2D eigenvalue weighted by molar-refractivity contribution is 6.04. The van der Waals surface area contributed by atoms with Gasteiger partial charge in [0.05, 0.1) is 13.2 Å². The lowest BCUT2D eigenvalue weighted by atomic mass is 10.2. The zero-order valence-corrected chi connectivity index (χ0v) is 17.0. The van der Waals surface area contributed by atoms with Crippen LogP contribution in [0.1, 0.15) is 16.8 Å². The number of halogens is 1. The van der Waals surface area contributed by atoms with E-state index in [4.69, 9.17) is 9.15 Å². The van der Waals surface area contributed by atoms with Crippen molar-refractivity contribution in [3.8, 4) is 11.5 Å². The van der Waals surface area contributed by atoms with Crippen LogP contribution in [-0.4, -0.2) is 60.4 Å². The molecule has 2 aromatic carbocycles. The first-order valence-corrected chi connectivity index (χ1v) is 10.2. The third-order valence-electron chi connectivity index (χ3n) is 4.93. The van der Waals surface area contributed by atoms with Gasteiger partial charge in [0.1, 0.15) is 5.82 Å². The van der Waals surface area contributed by atoms with E-state index in [0.717, 1.165) is 51.4 Å². The van der Waals surface area contributed by atoms with E-state index in [9.17, 15) is 9.18 Å². The number of ether oxygens (including phenoxy) is 1. The Labute approximate surface area is 179 Å². The van der Waals surface area contributed by atoms with Gasteiger partial charge in [0.2, 0.25) is 5.89 Å². The van der Waals surface area contributed by atoms with Gasteiger partial charge in [-0.05, 0) is 55.4 Å². The minimum absolute atomic E-state index is 0.255. The van der Waals surface area contributed by atoms with Crippen molar-refractivity contribution in [1.29, 1.82) is 0 Å². The zero-order valence-electron chi connectivity index (χ0n) is 17.0. The summed E-state index contributed by atoms with van der Waals surface area (Å²) in [4.78, 5) is 14.6. The average molecular weight is 425 g/mol. The van der Waals surface area contributed by atoms with Gasteiger partial charge in [-0.25, -0.2) is 4.39 Å². The van der Waals surface area contributed by atoms with Crippen LogP contribution in [0.25, 0.3) is 11.5 Å². The molecule has 1 aromatic heterocycles. The van der Waals surface area contributed by atoms with E-state index in [1.807, 2.05) is 0 Å². The van der Waals surface area contributed by atoms with Crippen LogP contribution in [0, 0.1) is 5.82 Å². The molecular formula is C22H24FN5O3. The lowest BCUT2D eigenvalue weighted by molar-refractivity contribution is 0.0378. The van der Waals surface area contributed by atoms with Gasteiger partial charge in [-0.1, -0.05) is 11.2 Å². The molecule has 1 aliphatic rings. The SMILES string of the molecule is O=C(Nc1ccc(-c2nnc(NCCCN3CCOCC3)o2)cc1)c1cccc(F)c1. The second kappa shape index (κ2) is 10.1. The van der Waals surface area contributed by atoms with Crippen LogP contribution in [0.15, 0.2) is 52.9 Å². The number of anilines is 2. The molecular weight excluding hydrogens is 401 g/mol. The Kier molecular flexibility index (Phi) is 6.85. The van der Waals surface area contributed by atoms with Gasteiger partial charge >= 0.3 is 6.01 Å². The molecule has 31 heavy (non-hydrogen) atoms. The minimum Gasteiger partial charge on any atom is -0.403 e. The van der Waals surface area contributed by atoms with E-state index in [2.05, 4.69) is 25.7 Å². The molecule has 8 nitrogen and oxygen atoms in total. The van der Waals surface area contributed by atoms with Crippen molar-refractivity contribution >= 4 is 17.6 Å². The first-order valence-electron chi connectivity index (χ1n) is 10.2. The molecule has 0 spiro atoms. The average Bonchev–Trinajstić information content (AvgIpc) is 3.27. The Balaban J connectivity index is 1.27. The molecule has 0 unspecified atom stereocenters. The van der Waals surface area contributed by atoms with Crippen molar-refractivity contribution in [2.45, 2.75) is 6.42 Å². The Bertz CT molecular complexity index is 1000. The maximum Gasteiger partial charge on any atom is 0.315 e. The van der Waals surface area contributed by atoms with Crippen LogP contribution in [0.4, 0.5) is 16.1 Å². The standard InChI is InChI=1S/C22H24FN5O3/c23-18-4-1-3-17(15-18)20(29)25-19-7-5-16(6-8-19)21-26-27-22(31-21)24-9-2-10-28-11-13-30-14-12-28/h1,3-8,15H,2,9-14H2,(H,24,27)(H,25,29). The van der Waals surface area contributed by atoms with Gasteiger partial charge in [-0.2, -0.15) is 0 Å². The van der Waals surface area contributed by atoms with Crippen molar-refractivity contribution in [2.24, 2.45) is 0 Å². The smallest absolute Gasteiger partial charge is 0.315 e. The van der Waals surface area contributed by atoms with E-state index in [-0.39, 0.29) is 11.5 Å². The Hall–Kier alpha value is -3.30. The van der Waals surface area contributed by atoms with Crippen LogP contribution in [-0.2, 0) is 4.74 Å². The third kappa shape index (κ3) is 5.87. The number of hydrogen-bond acceptors (Lipinski definition) is 7. The quantitative estimate of drug-likeness (QED) is 0.535. The van der Waals surface area contributed by atoms with Gasteiger partial charge in [0.15, 0.2) is 0 Å². The third-order valence-corrected chi connectivity index (χ3v) is 4.93. The normalized spacial score (nSPS) is 14.4. The summed E-state index contributed by atoms with van der Waals surface area (Å²) in [5, 5.41) is 14.0. The molecule has 1 fully saturated rings. The fourth-order valence-electron chi connectivity index (χ4n) is 3.26. The van der Waals surface area contributed by atoms with E-state index in [1.165, 1.54) is 18.2 Å². The molecule has 9 heteroatoms. The lowest BCUT2D eigenvalue weighted by Crippen LogP contribution is -2.37. The Morgan fingerprint density at radius 3 is 2.68 bits per heavy atom. The van der Waals surface area contributed by atoms with Gasteiger partial charge in [-0.3, -0.25) is 9.69 Å². The molecule has 4 rings (SSSR count). The molecule has 0 aliphatic carbocycles. The summed E-state index contributed by atoms with van der Waals surface area (Å²) < 4.78 is 24.3. The number of morpholine rings is 1. The van der Waals surface area contributed by atoms with E-state index >= 15 is 0 Å². The maximum absolute atomic E-state index is 13.3.